The highest BCUT2D eigenvalue weighted by atomic mass is 19.1. The van der Waals surface area contributed by atoms with Gasteiger partial charge in [-0.05, 0) is 26.0 Å². The molecule has 0 fully saturated rings. The molecule has 17 heavy (non-hydrogen) atoms. The van der Waals surface area contributed by atoms with E-state index < -0.39 is 0 Å². The van der Waals surface area contributed by atoms with Crippen molar-refractivity contribution in [1.29, 1.82) is 0 Å². The molecule has 1 rings (SSSR count). The SMILES string of the molecule is CCCNC(C)c1ccccc1OCCCF. The van der Waals surface area contributed by atoms with Gasteiger partial charge in [-0.25, -0.2) is 0 Å². The predicted molar refractivity (Wildman–Crippen MR) is 69.2 cm³/mol. The molecule has 0 aromatic heterocycles. The molecule has 0 saturated heterocycles. The van der Waals surface area contributed by atoms with Gasteiger partial charge in [-0.3, -0.25) is 4.39 Å². The van der Waals surface area contributed by atoms with E-state index in [0.717, 1.165) is 24.3 Å². The first kappa shape index (κ1) is 14.0. The first-order valence-corrected chi connectivity index (χ1v) is 6.30. The first-order valence-electron chi connectivity index (χ1n) is 6.30. The molecule has 1 aromatic carbocycles. The van der Waals surface area contributed by atoms with Crippen LogP contribution in [-0.4, -0.2) is 19.8 Å². The van der Waals surface area contributed by atoms with Crippen LogP contribution in [-0.2, 0) is 0 Å². The Morgan fingerprint density at radius 1 is 1.35 bits per heavy atom. The largest absolute Gasteiger partial charge is 0.493 e. The van der Waals surface area contributed by atoms with Gasteiger partial charge in [0.2, 0.25) is 0 Å². The summed E-state index contributed by atoms with van der Waals surface area (Å²) in [4.78, 5) is 0. The molecular weight excluding hydrogens is 217 g/mol. The lowest BCUT2D eigenvalue weighted by molar-refractivity contribution is 0.285. The van der Waals surface area contributed by atoms with Crippen molar-refractivity contribution >= 4 is 0 Å². The van der Waals surface area contributed by atoms with Crippen LogP contribution in [0.2, 0.25) is 0 Å². The molecule has 0 aliphatic carbocycles. The smallest absolute Gasteiger partial charge is 0.124 e. The van der Waals surface area contributed by atoms with Crippen molar-refractivity contribution in [3.8, 4) is 5.75 Å². The Labute approximate surface area is 103 Å². The summed E-state index contributed by atoms with van der Waals surface area (Å²) in [7, 11) is 0. The second kappa shape index (κ2) is 8.07. The summed E-state index contributed by atoms with van der Waals surface area (Å²) in [6.45, 7) is 5.36. The van der Waals surface area contributed by atoms with E-state index in [2.05, 4.69) is 25.2 Å². The van der Waals surface area contributed by atoms with Crippen LogP contribution < -0.4 is 10.1 Å². The van der Waals surface area contributed by atoms with E-state index in [-0.39, 0.29) is 12.7 Å². The summed E-state index contributed by atoms with van der Waals surface area (Å²) in [6, 6.07) is 8.20. The van der Waals surface area contributed by atoms with Crippen LogP contribution in [0.15, 0.2) is 24.3 Å². The van der Waals surface area contributed by atoms with Crippen LogP contribution in [0.5, 0.6) is 5.75 Å². The zero-order valence-electron chi connectivity index (χ0n) is 10.7. The van der Waals surface area contributed by atoms with Crippen LogP contribution in [0, 0.1) is 0 Å². The van der Waals surface area contributed by atoms with Crippen molar-refractivity contribution in [2.24, 2.45) is 0 Å². The van der Waals surface area contributed by atoms with E-state index in [1.165, 1.54) is 0 Å². The van der Waals surface area contributed by atoms with E-state index in [1.807, 2.05) is 18.2 Å². The number of ether oxygens (including phenoxy) is 1. The van der Waals surface area contributed by atoms with Gasteiger partial charge in [0.15, 0.2) is 0 Å². The number of alkyl halides is 1. The van der Waals surface area contributed by atoms with Crippen molar-refractivity contribution in [3.05, 3.63) is 29.8 Å². The third kappa shape index (κ3) is 4.73. The van der Waals surface area contributed by atoms with E-state index in [9.17, 15) is 4.39 Å². The fraction of sp³-hybridized carbons (Fsp3) is 0.571. The summed E-state index contributed by atoms with van der Waals surface area (Å²) in [5, 5.41) is 3.43. The Kier molecular flexibility index (Phi) is 6.63. The minimum Gasteiger partial charge on any atom is -0.493 e. The molecule has 3 heteroatoms. The molecule has 0 aliphatic heterocycles. The fourth-order valence-electron chi connectivity index (χ4n) is 1.68. The molecule has 1 aromatic rings. The molecule has 1 atom stereocenters. The van der Waals surface area contributed by atoms with Gasteiger partial charge in [0.1, 0.15) is 5.75 Å². The zero-order valence-corrected chi connectivity index (χ0v) is 10.7. The molecule has 0 saturated carbocycles. The Morgan fingerprint density at radius 2 is 2.12 bits per heavy atom. The van der Waals surface area contributed by atoms with E-state index >= 15 is 0 Å². The van der Waals surface area contributed by atoms with Crippen molar-refractivity contribution < 1.29 is 9.13 Å². The van der Waals surface area contributed by atoms with Gasteiger partial charge in [-0.1, -0.05) is 25.1 Å². The highest BCUT2D eigenvalue weighted by Crippen LogP contribution is 2.24. The van der Waals surface area contributed by atoms with Gasteiger partial charge in [0.05, 0.1) is 13.3 Å². The second-order valence-corrected chi connectivity index (χ2v) is 4.10. The normalized spacial score (nSPS) is 12.4. The Balaban J connectivity index is 2.62. The van der Waals surface area contributed by atoms with Gasteiger partial charge in [0, 0.05) is 18.0 Å². The van der Waals surface area contributed by atoms with Crippen LogP contribution >= 0.6 is 0 Å². The number of nitrogens with one attached hydrogen (secondary N) is 1. The second-order valence-electron chi connectivity index (χ2n) is 4.10. The number of hydrogen-bond donors (Lipinski definition) is 1. The minimum atomic E-state index is -0.328. The molecule has 0 amide bonds. The zero-order chi connectivity index (χ0) is 12.5. The van der Waals surface area contributed by atoms with Gasteiger partial charge >= 0.3 is 0 Å². The average Bonchev–Trinajstić information content (AvgIpc) is 2.37. The molecule has 0 spiro atoms. The highest BCUT2D eigenvalue weighted by Gasteiger charge is 2.09. The predicted octanol–water partition coefficient (Wildman–Crippen LogP) is 3.49. The lowest BCUT2D eigenvalue weighted by Crippen LogP contribution is -2.20. The Morgan fingerprint density at radius 3 is 2.82 bits per heavy atom. The fourth-order valence-corrected chi connectivity index (χ4v) is 1.68. The van der Waals surface area contributed by atoms with E-state index in [1.54, 1.807) is 0 Å². The maximum atomic E-state index is 12.0. The molecular formula is C14H22FNO. The number of halogens is 1. The molecule has 2 nitrogen and oxygen atoms in total. The van der Waals surface area contributed by atoms with Crippen LogP contribution in [0.25, 0.3) is 0 Å². The number of rotatable bonds is 8. The summed E-state index contributed by atoms with van der Waals surface area (Å²) >= 11 is 0. The Bertz CT molecular complexity index is 317. The summed E-state index contributed by atoms with van der Waals surface area (Å²) in [5.74, 6) is 0.858. The lowest BCUT2D eigenvalue weighted by Gasteiger charge is -2.17. The van der Waals surface area contributed by atoms with Crippen LogP contribution in [0.3, 0.4) is 0 Å². The van der Waals surface area contributed by atoms with Gasteiger partial charge in [-0.2, -0.15) is 0 Å². The topological polar surface area (TPSA) is 21.3 Å². The number of hydrogen-bond acceptors (Lipinski definition) is 2. The van der Waals surface area contributed by atoms with Crippen molar-refractivity contribution in [2.75, 3.05) is 19.8 Å². The summed E-state index contributed by atoms with van der Waals surface area (Å²) in [5.41, 5.74) is 1.14. The monoisotopic (exact) mass is 239 g/mol. The molecule has 0 heterocycles. The molecule has 0 radical (unpaired) electrons. The molecule has 0 aliphatic rings. The Hall–Kier alpha value is -1.09. The molecule has 1 N–H and O–H groups in total. The summed E-state index contributed by atoms with van der Waals surface area (Å²) < 4.78 is 17.6. The average molecular weight is 239 g/mol. The maximum Gasteiger partial charge on any atom is 0.124 e. The lowest BCUT2D eigenvalue weighted by atomic mass is 10.1. The molecule has 96 valence electrons. The van der Waals surface area contributed by atoms with E-state index in [4.69, 9.17) is 4.74 Å². The standard InChI is InChI=1S/C14H22FNO/c1-3-10-16-12(2)13-7-4-5-8-14(13)17-11-6-9-15/h4-5,7-8,12,16H,3,6,9-11H2,1-2H3. The van der Waals surface area contributed by atoms with Gasteiger partial charge in [0.25, 0.3) is 0 Å². The van der Waals surface area contributed by atoms with Crippen molar-refractivity contribution in [1.82, 2.24) is 5.32 Å². The van der Waals surface area contributed by atoms with Gasteiger partial charge in [-0.15, -0.1) is 0 Å². The maximum absolute atomic E-state index is 12.0. The third-order valence-electron chi connectivity index (χ3n) is 2.62. The van der Waals surface area contributed by atoms with Crippen molar-refractivity contribution in [2.45, 2.75) is 32.7 Å². The number of benzene rings is 1. The quantitative estimate of drug-likeness (QED) is 0.701. The summed E-state index contributed by atoms with van der Waals surface area (Å²) in [6.07, 6.45) is 1.56. The van der Waals surface area contributed by atoms with Gasteiger partial charge < -0.3 is 10.1 Å². The number of para-hydroxylation sites is 1. The van der Waals surface area contributed by atoms with Crippen molar-refractivity contribution in [3.63, 3.8) is 0 Å². The third-order valence-corrected chi connectivity index (χ3v) is 2.62. The highest BCUT2D eigenvalue weighted by molar-refractivity contribution is 5.35. The van der Waals surface area contributed by atoms with E-state index in [0.29, 0.717) is 13.0 Å². The minimum absolute atomic E-state index is 0.261. The van der Waals surface area contributed by atoms with Crippen LogP contribution in [0.4, 0.5) is 4.39 Å². The molecule has 1 unspecified atom stereocenters. The first-order chi connectivity index (χ1) is 8.29. The van der Waals surface area contributed by atoms with Crippen LogP contribution in [0.1, 0.15) is 38.3 Å². The molecule has 0 bridgehead atoms.